The second-order valence-electron chi connectivity index (χ2n) is 6.73. The molecule has 2 unspecified atom stereocenters. The van der Waals surface area contributed by atoms with Crippen molar-refractivity contribution in [1.29, 1.82) is 0 Å². The lowest BCUT2D eigenvalue weighted by Crippen LogP contribution is -2.36. The molecule has 0 spiro atoms. The lowest BCUT2D eigenvalue weighted by atomic mass is 9.63. The van der Waals surface area contributed by atoms with Crippen LogP contribution in [0.5, 0.6) is 0 Å². The molecule has 0 saturated heterocycles. The lowest BCUT2D eigenvalue weighted by Gasteiger charge is -2.42. The van der Waals surface area contributed by atoms with Crippen LogP contribution in [-0.4, -0.2) is 12.5 Å². The van der Waals surface area contributed by atoms with Crippen LogP contribution >= 0.6 is 0 Å². The summed E-state index contributed by atoms with van der Waals surface area (Å²) in [5, 5.41) is 2.94. The van der Waals surface area contributed by atoms with Gasteiger partial charge in [-0.3, -0.25) is 4.79 Å². The Kier molecular flexibility index (Phi) is 5.03. The molecule has 0 radical (unpaired) electrons. The Balaban J connectivity index is 2.64. The first-order chi connectivity index (χ1) is 7.85. The fourth-order valence-electron chi connectivity index (χ4n) is 3.36. The van der Waals surface area contributed by atoms with Crippen LogP contribution in [0.15, 0.2) is 0 Å². The molecule has 1 rings (SSSR count). The first-order valence-corrected chi connectivity index (χ1v) is 7.12. The Labute approximate surface area is 107 Å². The third-order valence-corrected chi connectivity index (χ3v) is 4.25. The Bertz CT molecular complexity index is 258. The standard InChI is InChI=1S/C15H29NO/c1-6-16-14(17)9-12-10-15(4,5)8-7-13(12)11(2)3/h11-13H,6-10H2,1-5H3,(H,16,17). The van der Waals surface area contributed by atoms with Gasteiger partial charge in [0.15, 0.2) is 0 Å². The van der Waals surface area contributed by atoms with Crippen molar-refractivity contribution in [3.8, 4) is 0 Å². The van der Waals surface area contributed by atoms with Gasteiger partial charge in [-0.1, -0.05) is 27.7 Å². The number of nitrogens with one attached hydrogen (secondary N) is 1. The molecule has 0 aromatic heterocycles. The number of rotatable bonds is 4. The zero-order valence-corrected chi connectivity index (χ0v) is 12.2. The van der Waals surface area contributed by atoms with Gasteiger partial charge in [0.1, 0.15) is 0 Å². The van der Waals surface area contributed by atoms with E-state index in [4.69, 9.17) is 0 Å². The van der Waals surface area contributed by atoms with Gasteiger partial charge in [0.2, 0.25) is 5.91 Å². The number of carbonyl (C=O) groups excluding carboxylic acids is 1. The molecule has 0 aliphatic heterocycles. The summed E-state index contributed by atoms with van der Waals surface area (Å²) in [6.07, 6.45) is 4.52. The smallest absolute Gasteiger partial charge is 0.220 e. The van der Waals surface area contributed by atoms with E-state index in [1.165, 1.54) is 19.3 Å². The van der Waals surface area contributed by atoms with Crippen molar-refractivity contribution >= 4 is 5.91 Å². The molecule has 1 aliphatic carbocycles. The van der Waals surface area contributed by atoms with Crippen LogP contribution in [0.1, 0.15) is 60.3 Å². The van der Waals surface area contributed by atoms with Crippen molar-refractivity contribution in [2.75, 3.05) is 6.54 Å². The van der Waals surface area contributed by atoms with E-state index >= 15 is 0 Å². The summed E-state index contributed by atoms with van der Waals surface area (Å²) in [7, 11) is 0. The molecule has 0 aromatic carbocycles. The molecule has 1 amide bonds. The van der Waals surface area contributed by atoms with Crippen LogP contribution in [0, 0.1) is 23.2 Å². The minimum Gasteiger partial charge on any atom is -0.356 e. The molecule has 0 aromatic rings. The fraction of sp³-hybridized carbons (Fsp3) is 0.933. The highest BCUT2D eigenvalue weighted by Crippen LogP contribution is 2.45. The van der Waals surface area contributed by atoms with Crippen LogP contribution in [0.4, 0.5) is 0 Å². The van der Waals surface area contributed by atoms with E-state index in [1.807, 2.05) is 6.92 Å². The minimum absolute atomic E-state index is 0.237. The Morgan fingerprint density at radius 2 is 2.06 bits per heavy atom. The van der Waals surface area contributed by atoms with Crippen molar-refractivity contribution < 1.29 is 4.79 Å². The van der Waals surface area contributed by atoms with E-state index in [2.05, 4.69) is 33.0 Å². The molecule has 17 heavy (non-hydrogen) atoms. The first-order valence-electron chi connectivity index (χ1n) is 7.12. The molecule has 2 heteroatoms. The molecule has 2 atom stereocenters. The summed E-state index contributed by atoms with van der Waals surface area (Å²) < 4.78 is 0. The van der Waals surface area contributed by atoms with Gasteiger partial charge >= 0.3 is 0 Å². The van der Waals surface area contributed by atoms with E-state index in [1.54, 1.807) is 0 Å². The fourth-order valence-corrected chi connectivity index (χ4v) is 3.36. The minimum atomic E-state index is 0.237. The van der Waals surface area contributed by atoms with Gasteiger partial charge in [-0.05, 0) is 49.4 Å². The Morgan fingerprint density at radius 1 is 1.41 bits per heavy atom. The average molecular weight is 239 g/mol. The highest BCUT2D eigenvalue weighted by Gasteiger charge is 2.36. The molecule has 0 bridgehead atoms. The van der Waals surface area contributed by atoms with Crippen molar-refractivity contribution in [2.24, 2.45) is 23.2 Å². The summed E-state index contributed by atoms with van der Waals surface area (Å²) in [6, 6.07) is 0. The first kappa shape index (κ1) is 14.5. The normalized spacial score (nSPS) is 28.1. The summed E-state index contributed by atoms with van der Waals surface area (Å²) in [5.74, 6) is 2.24. The SMILES string of the molecule is CCNC(=O)CC1CC(C)(C)CCC1C(C)C. The second kappa shape index (κ2) is 5.88. The highest BCUT2D eigenvalue weighted by atomic mass is 16.1. The molecular formula is C15H29NO. The predicted molar refractivity (Wildman–Crippen MR) is 72.8 cm³/mol. The third kappa shape index (κ3) is 4.33. The molecule has 1 aliphatic rings. The van der Waals surface area contributed by atoms with Gasteiger partial charge in [0.25, 0.3) is 0 Å². The maximum atomic E-state index is 11.8. The highest BCUT2D eigenvalue weighted by molar-refractivity contribution is 5.76. The topological polar surface area (TPSA) is 29.1 Å². The molecule has 2 nitrogen and oxygen atoms in total. The van der Waals surface area contributed by atoms with Gasteiger partial charge in [0, 0.05) is 13.0 Å². The van der Waals surface area contributed by atoms with E-state index in [9.17, 15) is 4.79 Å². The number of hydrogen-bond donors (Lipinski definition) is 1. The monoisotopic (exact) mass is 239 g/mol. The van der Waals surface area contributed by atoms with Crippen LogP contribution in [0.25, 0.3) is 0 Å². The zero-order chi connectivity index (χ0) is 13.1. The van der Waals surface area contributed by atoms with Crippen molar-refractivity contribution in [1.82, 2.24) is 5.32 Å². The largest absolute Gasteiger partial charge is 0.356 e. The van der Waals surface area contributed by atoms with Gasteiger partial charge in [-0.15, -0.1) is 0 Å². The predicted octanol–water partition coefficient (Wildman–Crippen LogP) is 3.61. The van der Waals surface area contributed by atoms with E-state index in [0.29, 0.717) is 17.3 Å². The van der Waals surface area contributed by atoms with Crippen LogP contribution in [0.3, 0.4) is 0 Å². The molecule has 1 N–H and O–H groups in total. The van der Waals surface area contributed by atoms with Crippen molar-refractivity contribution in [3.05, 3.63) is 0 Å². The third-order valence-electron chi connectivity index (χ3n) is 4.25. The van der Waals surface area contributed by atoms with Crippen molar-refractivity contribution in [3.63, 3.8) is 0 Å². The summed E-state index contributed by atoms with van der Waals surface area (Å²) in [5.41, 5.74) is 0.419. The molecule has 0 heterocycles. The number of amides is 1. The second-order valence-corrected chi connectivity index (χ2v) is 6.73. The molecule has 1 fully saturated rings. The van der Waals surface area contributed by atoms with Crippen LogP contribution in [0.2, 0.25) is 0 Å². The molecule has 1 saturated carbocycles. The average Bonchev–Trinajstić information content (AvgIpc) is 2.15. The number of hydrogen-bond acceptors (Lipinski definition) is 1. The summed E-state index contributed by atoms with van der Waals surface area (Å²) in [4.78, 5) is 11.8. The Morgan fingerprint density at radius 3 is 2.59 bits per heavy atom. The van der Waals surface area contributed by atoms with Crippen LogP contribution < -0.4 is 5.32 Å². The van der Waals surface area contributed by atoms with E-state index in [0.717, 1.165) is 18.9 Å². The van der Waals surface area contributed by atoms with Gasteiger partial charge < -0.3 is 5.32 Å². The number of carbonyl (C=O) groups is 1. The summed E-state index contributed by atoms with van der Waals surface area (Å²) >= 11 is 0. The van der Waals surface area contributed by atoms with Gasteiger partial charge in [-0.25, -0.2) is 0 Å². The van der Waals surface area contributed by atoms with Crippen LogP contribution in [-0.2, 0) is 4.79 Å². The Hall–Kier alpha value is -0.530. The van der Waals surface area contributed by atoms with Gasteiger partial charge in [-0.2, -0.15) is 0 Å². The maximum absolute atomic E-state index is 11.8. The zero-order valence-electron chi connectivity index (χ0n) is 12.2. The van der Waals surface area contributed by atoms with Crippen molar-refractivity contribution in [2.45, 2.75) is 60.3 Å². The van der Waals surface area contributed by atoms with E-state index in [-0.39, 0.29) is 5.91 Å². The summed E-state index contributed by atoms with van der Waals surface area (Å²) in [6.45, 7) is 12.0. The van der Waals surface area contributed by atoms with Gasteiger partial charge in [0.05, 0.1) is 0 Å². The molecular weight excluding hydrogens is 210 g/mol. The lowest BCUT2D eigenvalue weighted by molar-refractivity contribution is -0.123. The maximum Gasteiger partial charge on any atom is 0.220 e. The molecule has 100 valence electrons. The van der Waals surface area contributed by atoms with E-state index < -0.39 is 0 Å². The quantitative estimate of drug-likeness (QED) is 0.797.